The van der Waals surface area contributed by atoms with E-state index in [1.165, 1.54) is 32.1 Å². The zero-order chi connectivity index (χ0) is 11.5. The highest BCUT2D eigenvalue weighted by Gasteiger charge is 2.36. The third-order valence-electron chi connectivity index (χ3n) is 3.61. The number of ether oxygens (including phenoxy) is 1. The number of amides is 1. The summed E-state index contributed by atoms with van der Waals surface area (Å²) in [4.78, 5) is 13.8. The Balaban J connectivity index is 2.02. The fourth-order valence-corrected chi connectivity index (χ4v) is 2.76. The second-order valence-corrected chi connectivity index (χ2v) is 4.94. The van der Waals surface area contributed by atoms with Crippen LogP contribution in [0.5, 0.6) is 0 Å². The Morgan fingerprint density at radius 3 is 2.62 bits per heavy atom. The molecule has 3 nitrogen and oxygen atoms in total. The Labute approximate surface area is 97.5 Å². The minimum atomic E-state index is 0.0181. The van der Waals surface area contributed by atoms with E-state index in [2.05, 4.69) is 6.58 Å². The molecule has 0 bridgehead atoms. The fourth-order valence-electron chi connectivity index (χ4n) is 2.76. The molecular formula is C13H21NO2. The smallest absolute Gasteiger partial charge is 0.251 e. The van der Waals surface area contributed by atoms with E-state index >= 15 is 0 Å². The molecular weight excluding hydrogens is 202 g/mol. The van der Waals surface area contributed by atoms with Crippen LogP contribution in [0.4, 0.5) is 0 Å². The van der Waals surface area contributed by atoms with E-state index in [1.807, 2.05) is 4.90 Å². The molecule has 0 radical (unpaired) electrons. The molecule has 2 fully saturated rings. The van der Waals surface area contributed by atoms with Crippen LogP contribution in [0, 0.1) is 5.92 Å². The van der Waals surface area contributed by atoms with Crippen molar-refractivity contribution in [2.24, 2.45) is 5.92 Å². The van der Waals surface area contributed by atoms with E-state index in [0.717, 1.165) is 6.54 Å². The topological polar surface area (TPSA) is 29.5 Å². The molecule has 0 spiro atoms. The molecule has 0 N–H and O–H groups in total. The molecule has 2 aliphatic rings. The van der Waals surface area contributed by atoms with Crippen molar-refractivity contribution in [1.82, 2.24) is 4.90 Å². The maximum atomic E-state index is 11.9. The lowest BCUT2D eigenvalue weighted by Crippen LogP contribution is -2.41. The molecule has 1 aliphatic carbocycles. The van der Waals surface area contributed by atoms with Crippen LogP contribution < -0.4 is 0 Å². The zero-order valence-electron chi connectivity index (χ0n) is 10.1. The van der Waals surface area contributed by atoms with Crippen LogP contribution in [-0.2, 0) is 9.53 Å². The number of hydrogen-bond donors (Lipinski definition) is 0. The Kier molecular flexibility index (Phi) is 3.64. The molecule has 1 saturated carbocycles. The zero-order valence-corrected chi connectivity index (χ0v) is 10.1. The van der Waals surface area contributed by atoms with Gasteiger partial charge in [0.1, 0.15) is 6.23 Å². The van der Waals surface area contributed by atoms with E-state index in [1.54, 1.807) is 6.92 Å². The Hall–Kier alpha value is -0.830. The molecule has 2 rings (SSSR count). The van der Waals surface area contributed by atoms with Crippen molar-refractivity contribution in [3.8, 4) is 0 Å². The van der Waals surface area contributed by atoms with Crippen LogP contribution in [-0.4, -0.2) is 30.2 Å². The van der Waals surface area contributed by atoms with Gasteiger partial charge in [0.05, 0.1) is 6.61 Å². The van der Waals surface area contributed by atoms with Crippen molar-refractivity contribution < 1.29 is 9.53 Å². The summed E-state index contributed by atoms with van der Waals surface area (Å²) >= 11 is 0. The fraction of sp³-hybridized carbons (Fsp3) is 0.769. The van der Waals surface area contributed by atoms with Crippen LogP contribution in [0.3, 0.4) is 0 Å². The van der Waals surface area contributed by atoms with E-state index < -0.39 is 0 Å². The highest BCUT2D eigenvalue weighted by Crippen LogP contribution is 2.32. The first-order chi connectivity index (χ1) is 7.70. The minimum Gasteiger partial charge on any atom is -0.356 e. The molecule has 90 valence electrons. The number of nitrogens with zero attached hydrogens (tertiary/aromatic N) is 1. The van der Waals surface area contributed by atoms with Gasteiger partial charge in [0.2, 0.25) is 0 Å². The highest BCUT2D eigenvalue weighted by molar-refractivity contribution is 5.92. The Bertz CT molecular complexity index is 282. The Morgan fingerprint density at radius 2 is 2.00 bits per heavy atom. The van der Waals surface area contributed by atoms with Gasteiger partial charge in [-0.1, -0.05) is 25.8 Å². The molecule has 0 aromatic rings. The quantitative estimate of drug-likeness (QED) is 0.672. The summed E-state index contributed by atoms with van der Waals surface area (Å²) < 4.78 is 5.74. The first-order valence-corrected chi connectivity index (χ1v) is 6.28. The molecule has 1 saturated heterocycles. The number of rotatable bonds is 2. The van der Waals surface area contributed by atoms with E-state index in [9.17, 15) is 4.79 Å². The van der Waals surface area contributed by atoms with Gasteiger partial charge in [-0.15, -0.1) is 0 Å². The first-order valence-electron chi connectivity index (χ1n) is 6.28. The predicted molar refractivity (Wildman–Crippen MR) is 62.8 cm³/mol. The number of hydrogen-bond acceptors (Lipinski definition) is 2. The summed E-state index contributed by atoms with van der Waals surface area (Å²) in [6.07, 6.45) is 6.30. The molecule has 1 unspecified atom stereocenters. The average molecular weight is 223 g/mol. The van der Waals surface area contributed by atoms with Crippen molar-refractivity contribution in [2.45, 2.75) is 45.3 Å². The molecule has 1 aliphatic heterocycles. The van der Waals surface area contributed by atoms with Crippen LogP contribution in [0.15, 0.2) is 12.2 Å². The van der Waals surface area contributed by atoms with Crippen molar-refractivity contribution >= 4 is 5.91 Å². The highest BCUT2D eigenvalue weighted by atomic mass is 16.5. The van der Waals surface area contributed by atoms with Gasteiger partial charge in [-0.3, -0.25) is 4.79 Å². The summed E-state index contributed by atoms with van der Waals surface area (Å²) in [6, 6.07) is 0. The van der Waals surface area contributed by atoms with Crippen LogP contribution in [0.25, 0.3) is 0 Å². The van der Waals surface area contributed by atoms with Gasteiger partial charge in [0.15, 0.2) is 0 Å². The maximum absolute atomic E-state index is 11.9. The summed E-state index contributed by atoms with van der Waals surface area (Å²) in [7, 11) is 0. The van der Waals surface area contributed by atoms with Crippen LogP contribution in [0.2, 0.25) is 0 Å². The van der Waals surface area contributed by atoms with Gasteiger partial charge in [-0.2, -0.15) is 0 Å². The van der Waals surface area contributed by atoms with Gasteiger partial charge in [0, 0.05) is 18.0 Å². The minimum absolute atomic E-state index is 0.0181. The van der Waals surface area contributed by atoms with Gasteiger partial charge in [-0.25, -0.2) is 0 Å². The molecule has 1 amide bonds. The number of carbonyl (C=O) groups is 1. The van der Waals surface area contributed by atoms with Crippen LogP contribution >= 0.6 is 0 Å². The standard InChI is InChI=1S/C13H21NO2/c1-10(2)12(15)14-8-9-16-13(14)11-6-4-3-5-7-11/h11,13H,1,3-9H2,2H3. The van der Waals surface area contributed by atoms with Crippen molar-refractivity contribution in [1.29, 1.82) is 0 Å². The van der Waals surface area contributed by atoms with Crippen molar-refractivity contribution in [2.75, 3.05) is 13.2 Å². The van der Waals surface area contributed by atoms with Gasteiger partial charge in [-0.05, 0) is 19.8 Å². The maximum Gasteiger partial charge on any atom is 0.251 e. The third kappa shape index (κ3) is 2.29. The first kappa shape index (κ1) is 11.6. The SMILES string of the molecule is C=C(C)C(=O)N1CCOC1C1CCCCC1. The van der Waals surface area contributed by atoms with Gasteiger partial charge in [0.25, 0.3) is 5.91 Å². The molecule has 0 aromatic heterocycles. The second-order valence-electron chi connectivity index (χ2n) is 4.94. The van der Waals surface area contributed by atoms with E-state index in [-0.39, 0.29) is 12.1 Å². The van der Waals surface area contributed by atoms with Crippen molar-refractivity contribution in [3.05, 3.63) is 12.2 Å². The normalized spacial score (nSPS) is 27.1. The Morgan fingerprint density at radius 1 is 1.31 bits per heavy atom. The largest absolute Gasteiger partial charge is 0.356 e. The van der Waals surface area contributed by atoms with Crippen LogP contribution in [0.1, 0.15) is 39.0 Å². The third-order valence-corrected chi connectivity index (χ3v) is 3.61. The van der Waals surface area contributed by atoms with E-state index in [0.29, 0.717) is 18.1 Å². The molecule has 1 atom stereocenters. The molecule has 16 heavy (non-hydrogen) atoms. The summed E-state index contributed by atoms with van der Waals surface area (Å²) in [5, 5.41) is 0. The lowest BCUT2D eigenvalue weighted by atomic mass is 9.87. The van der Waals surface area contributed by atoms with E-state index in [4.69, 9.17) is 4.74 Å². The van der Waals surface area contributed by atoms with Gasteiger partial charge < -0.3 is 9.64 Å². The lowest BCUT2D eigenvalue weighted by molar-refractivity contribution is -0.135. The molecule has 3 heteroatoms. The summed E-state index contributed by atoms with van der Waals surface area (Å²) in [5.41, 5.74) is 0.617. The monoisotopic (exact) mass is 223 g/mol. The van der Waals surface area contributed by atoms with Gasteiger partial charge >= 0.3 is 0 Å². The molecule has 1 heterocycles. The average Bonchev–Trinajstić information content (AvgIpc) is 2.77. The number of carbonyl (C=O) groups excluding carboxylic acids is 1. The predicted octanol–water partition coefficient (Wildman–Crippen LogP) is 2.33. The lowest BCUT2D eigenvalue weighted by Gasteiger charge is -2.32. The van der Waals surface area contributed by atoms with Crippen molar-refractivity contribution in [3.63, 3.8) is 0 Å². The summed E-state index contributed by atoms with van der Waals surface area (Å²) in [6.45, 7) is 6.92. The molecule has 0 aromatic carbocycles. The summed E-state index contributed by atoms with van der Waals surface area (Å²) in [5.74, 6) is 0.604. The second kappa shape index (κ2) is 5.00.